The van der Waals surface area contributed by atoms with Crippen LogP contribution in [0.5, 0.6) is 11.6 Å². The summed E-state index contributed by atoms with van der Waals surface area (Å²) in [7, 11) is 1.64. The minimum Gasteiger partial charge on any atom is -0.496 e. The lowest BCUT2D eigenvalue weighted by Gasteiger charge is -2.30. The number of aromatic nitrogens is 3. The Bertz CT molecular complexity index is 876. The van der Waals surface area contributed by atoms with Crippen molar-refractivity contribution in [3.63, 3.8) is 0 Å². The zero-order valence-corrected chi connectivity index (χ0v) is 14.8. The molecule has 1 unspecified atom stereocenters. The molecule has 0 bridgehead atoms. The van der Waals surface area contributed by atoms with Gasteiger partial charge in [-0.05, 0) is 6.07 Å². The van der Waals surface area contributed by atoms with Crippen LogP contribution in [0, 0.1) is 0 Å². The Balaban J connectivity index is 2.20. The van der Waals surface area contributed by atoms with Gasteiger partial charge in [0.25, 0.3) is 0 Å². The van der Waals surface area contributed by atoms with Gasteiger partial charge in [-0.2, -0.15) is 9.61 Å². The minimum atomic E-state index is -0.236. The van der Waals surface area contributed by atoms with Crippen molar-refractivity contribution in [2.24, 2.45) is 0 Å². The number of rotatable bonds is 8. The molecule has 0 aliphatic rings. The average molecular weight is 356 g/mol. The number of nitrogens with zero attached hydrogens (tertiary/aromatic N) is 4. The van der Waals surface area contributed by atoms with E-state index in [9.17, 15) is 5.11 Å². The first-order valence-electron chi connectivity index (χ1n) is 7.81. The van der Waals surface area contributed by atoms with Gasteiger partial charge in [-0.15, -0.1) is 13.2 Å². The van der Waals surface area contributed by atoms with Gasteiger partial charge in [0, 0.05) is 18.7 Å². The molecule has 0 saturated heterocycles. The highest BCUT2D eigenvalue weighted by Gasteiger charge is 2.30. The van der Waals surface area contributed by atoms with E-state index in [1.807, 2.05) is 36.4 Å². The van der Waals surface area contributed by atoms with Crippen LogP contribution in [-0.4, -0.2) is 44.8 Å². The Morgan fingerprint density at radius 2 is 2.04 bits per heavy atom. The molecule has 0 fully saturated rings. The SMILES string of the molecule is C=CCN(CC=C)C(c1ccccc1OC)c1sc2ncnn2c1O. The topological polar surface area (TPSA) is 62.9 Å². The fourth-order valence-corrected chi connectivity index (χ4v) is 3.97. The highest BCUT2D eigenvalue weighted by molar-refractivity contribution is 7.17. The van der Waals surface area contributed by atoms with Gasteiger partial charge in [0.1, 0.15) is 12.1 Å². The van der Waals surface area contributed by atoms with Crippen LogP contribution in [0.25, 0.3) is 4.96 Å². The molecule has 0 amide bonds. The van der Waals surface area contributed by atoms with Crippen molar-refractivity contribution in [2.75, 3.05) is 20.2 Å². The van der Waals surface area contributed by atoms with Gasteiger partial charge in [-0.3, -0.25) is 4.90 Å². The molecule has 3 rings (SSSR count). The standard InChI is InChI=1S/C18H20N4O2S/c1-4-10-21(11-5-2)15(13-8-6-7-9-14(13)24-3)16-17(23)22-18(25-16)19-12-20-22/h4-9,12,15,23H,1-2,10-11H2,3H3. The lowest BCUT2D eigenvalue weighted by molar-refractivity contribution is 0.267. The van der Waals surface area contributed by atoms with Gasteiger partial charge in [-0.1, -0.05) is 41.7 Å². The Morgan fingerprint density at radius 1 is 1.32 bits per heavy atom. The van der Waals surface area contributed by atoms with E-state index in [0.717, 1.165) is 16.2 Å². The molecule has 0 saturated carbocycles. The molecular weight excluding hydrogens is 336 g/mol. The van der Waals surface area contributed by atoms with Crippen molar-refractivity contribution in [1.29, 1.82) is 0 Å². The highest BCUT2D eigenvalue weighted by atomic mass is 32.1. The number of aromatic hydroxyl groups is 1. The number of thiazole rings is 1. The number of hydrogen-bond acceptors (Lipinski definition) is 6. The van der Waals surface area contributed by atoms with E-state index in [0.29, 0.717) is 18.1 Å². The van der Waals surface area contributed by atoms with Gasteiger partial charge in [0.2, 0.25) is 10.8 Å². The van der Waals surface area contributed by atoms with E-state index in [1.165, 1.54) is 22.2 Å². The molecule has 3 aromatic rings. The molecule has 1 aromatic carbocycles. The van der Waals surface area contributed by atoms with Crippen LogP contribution in [0.3, 0.4) is 0 Å². The third kappa shape index (κ3) is 3.16. The monoisotopic (exact) mass is 356 g/mol. The van der Waals surface area contributed by atoms with Gasteiger partial charge in [0.15, 0.2) is 0 Å². The van der Waals surface area contributed by atoms with E-state index < -0.39 is 0 Å². The summed E-state index contributed by atoms with van der Waals surface area (Å²) in [6.07, 6.45) is 5.10. The summed E-state index contributed by atoms with van der Waals surface area (Å²) in [5, 5.41) is 14.8. The molecule has 0 radical (unpaired) electrons. The molecular formula is C18H20N4O2S. The van der Waals surface area contributed by atoms with Crippen molar-refractivity contribution in [3.8, 4) is 11.6 Å². The molecule has 0 aliphatic carbocycles. The number of hydrogen-bond donors (Lipinski definition) is 1. The first kappa shape index (κ1) is 17.2. The maximum atomic E-state index is 10.7. The van der Waals surface area contributed by atoms with E-state index >= 15 is 0 Å². The first-order chi connectivity index (χ1) is 12.2. The van der Waals surface area contributed by atoms with Gasteiger partial charge in [0.05, 0.1) is 18.0 Å². The van der Waals surface area contributed by atoms with Gasteiger partial charge >= 0.3 is 0 Å². The maximum Gasteiger partial charge on any atom is 0.230 e. The lowest BCUT2D eigenvalue weighted by atomic mass is 10.0. The molecule has 0 spiro atoms. The Morgan fingerprint density at radius 3 is 2.68 bits per heavy atom. The van der Waals surface area contributed by atoms with Crippen LogP contribution in [0.15, 0.2) is 55.9 Å². The van der Waals surface area contributed by atoms with Crippen molar-refractivity contribution in [3.05, 3.63) is 66.3 Å². The predicted molar refractivity (Wildman–Crippen MR) is 99.3 cm³/mol. The summed E-state index contributed by atoms with van der Waals surface area (Å²) in [5.41, 5.74) is 0.952. The fraction of sp³-hybridized carbons (Fsp3) is 0.222. The molecule has 7 heteroatoms. The summed E-state index contributed by atoms with van der Waals surface area (Å²) in [5.74, 6) is 0.843. The largest absolute Gasteiger partial charge is 0.496 e. The summed E-state index contributed by atoms with van der Waals surface area (Å²) in [6, 6.07) is 7.56. The molecule has 2 heterocycles. The summed E-state index contributed by atoms with van der Waals surface area (Å²) >= 11 is 1.41. The fourth-order valence-electron chi connectivity index (χ4n) is 2.89. The minimum absolute atomic E-state index is 0.0894. The summed E-state index contributed by atoms with van der Waals surface area (Å²) < 4.78 is 7.00. The zero-order valence-electron chi connectivity index (χ0n) is 14.0. The van der Waals surface area contributed by atoms with Crippen molar-refractivity contribution < 1.29 is 9.84 Å². The van der Waals surface area contributed by atoms with Crippen LogP contribution in [0.1, 0.15) is 16.5 Å². The van der Waals surface area contributed by atoms with Gasteiger partial charge < -0.3 is 9.84 Å². The van der Waals surface area contributed by atoms with Crippen molar-refractivity contribution in [1.82, 2.24) is 19.5 Å². The Labute approximate surface area is 150 Å². The third-order valence-corrected chi connectivity index (χ3v) is 5.00. The highest BCUT2D eigenvalue weighted by Crippen LogP contribution is 2.42. The average Bonchev–Trinajstić information content (AvgIpc) is 3.20. The van der Waals surface area contributed by atoms with E-state index in [4.69, 9.17) is 4.74 Å². The predicted octanol–water partition coefficient (Wildman–Crippen LogP) is 3.27. The second-order valence-corrected chi connectivity index (χ2v) is 6.43. The summed E-state index contributed by atoms with van der Waals surface area (Å²) in [6.45, 7) is 8.96. The van der Waals surface area contributed by atoms with Crippen LogP contribution in [0.2, 0.25) is 0 Å². The second-order valence-electron chi connectivity index (χ2n) is 5.42. The quantitative estimate of drug-likeness (QED) is 0.628. The Kier molecular flexibility index (Phi) is 5.16. The third-order valence-electron chi connectivity index (χ3n) is 3.91. The molecule has 2 aromatic heterocycles. The lowest BCUT2D eigenvalue weighted by Crippen LogP contribution is -2.30. The van der Waals surface area contributed by atoms with E-state index in [1.54, 1.807) is 7.11 Å². The van der Waals surface area contributed by atoms with Crippen molar-refractivity contribution >= 4 is 16.3 Å². The zero-order chi connectivity index (χ0) is 17.8. The van der Waals surface area contributed by atoms with E-state index in [-0.39, 0.29) is 11.9 Å². The van der Waals surface area contributed by atoms with Crippen LogP contribution < -0.4 is 4.74 Å². The molecule has 130 valence electrons. The molecule has 0 aliphatic heterocycles. The Hall–Kier alpha value is -2.64. The first-order valence-corrected chi connectivity index (χ1v) is 8.63. The van der Waals surface area contributed by atoms with E-state index in [2.05, 4.69) is 28.1 Å². The number of para-hydroxylation sites is 1. The summed E-state index contributed by atoms with van der Waals surface area (Å²) in [4.78, 5) is 7.74. The van der Waals surface area contributed by atoms with Crippen LogP contribution in [-0.2, 0) is 0 Å². The number of methoxy groups -OCH3 is 1. The number of ether oxygens (including phenoxy) is 1. The van der Waals surface area contributed by atoms with Crippen molar-refractivity contribution in [2.45, 2.75) is 6.04 Å². The molecule has 25 heavy (non-hydrogen) atoms. The number of fused-ring (bicyclic) bond motifs is 1. The molecule has 6 nitrogen and oxygen atoms in total. The maximum absolute atomic E-state index is 10.7. The van der Waals surface area contributed by atoms with Gasteiger partial charge in [-0.25, -0.2) is 4.98 Å². The smallest absolute Gasteiger partial charge is 0.230 e. The normalized spacial score (nSPS) is 12.4. The van der Waals surface area contributed by atoms with Crippen LogP contribution >= 0.6 is 11.3 Å². The molecule has 1 atom stereocenters. The second kappa shape index (κ2) is 7.50. The number of benzene rings is 1. The van der Waals surface area contributed by atoms with Crippen LogP contribution in [0.4, 0.5) is 0 Å². The molecule has 1 N–H and O–H groups in total.